The van der Waals surface area contributed by atoms with Crippen molar-refractivity contribution in [1.82, 2.24) is 4.90 Å². The van der Waals surface area contributed by atoms with Crippen LogP contribution in [0, 0.1) is 5.82 Å². The van der Waals surface area contributed by atoms with Gasteiger partial charge >= 0.3 is 0 Å². The van der Waals surface area contributed by atoms with Crippen molar-refractivity contribution in [1.29, 1.82) is 0 Å². The van der Waals surface area contributed by atoms with E-state index in [0.717, 1.165) is 25.5 Å². The van der Waals surface area contributed by atoms with Crippen molar-refractivity contribution in [2.75, 3.05) is 6.54 Å². The van der Waals surface area contributed by atoms with Crippen LogP contribution in [0.15, 0.2) is 18.2 Å². The molecule has 1 saturated heterocycles. The van der Waals surface area contributed by atoms with Crippen LogP contribution in [-0.4, -0.2) is 23.4 Å². The third-order valence-corrected chi connectivity index (χ3v) is 3.25. The number of alkyl halides is 1. The number of rotatable bonds is 2. The molecule has 2 rings (SSSR count). The Balaban J connectivity index is 2.24. The highest BCUT2D eigenvalue weighted by molar-refractivity contribution is 5.94. The molecule has 1 amide bonds. The third-order valence-electron chi connectivity index (χ3n) is 3.25. The number of nitrogens with zero attached hydrogens (tertiary/aromatic N) is 1. The van der Waals surface area contributed by atoms with E-state index in [1.54, 1.807) is 4.90 Å². The first-order chi connectivity index (χ1) is 8.13. The zero-order valence-electron chi connectivity index (χ0n) is 9.75. The molecule has 1 aliphatic rings. The summed E-state index contributed by atoms with van der Waals surface area (Å²) in [5, 5.41) is 0. The van der Waals surface area contributed by atoms with Gasteiger partial charge in [0.2, 0.25) is 0 Å². The molecule has 1 atom stereocenters. The van der Waals surface area contributed by atoms with Gasteiger partial charge in [-0.25, -0.2) is 8.78 Å². The highest BCUT2D eigenvalue weighted by Gasteiger charge is 2.26. The molecule has 1 aromatic rings. The lowest BCUT2D eigenvalue weighted by Gasteiger charge is -2.21. The molecule has 0 bridgehead atoms. The van der Waals surface area contributed by atoms with Crippen LogP contribution in [0.3, 0.4) is 0 Å². The average molecular weight is 239 g/mol. The maximum Gasteiger partial charge on any atom is 0.254 e. The summed E-state index contributed by atoms with van der Waals surface area (Å²) in [7, 11) is 0. The second-order valence-corrected chi connectivity index (χ2v) is 4.43. The quantitative estimate of drug-likeness (QED) is 0.777. The molecule has 1 aliphatic heterocycles. The zero-order valence-corrected chi connectivity index (χ0v) is 9.75. The van der Waals surface area contributed by atoms with Crippen molar-refractivity contribution in [3.8, 4) is 0 Å². The van der Waals surface area contributed by atoms with Gasteiger partial charge in [-0.2, -0.15) is 0 Å². The molecule has 2 nitrogen and oxygen atoms in total. The first kappa shape index (κ1) is 12.0. The second-order valence-electron chi connectivity index (χ2n) is 4.43. The summed E-state index contributed by atoms with van der Waals surface area (Å²) in [6.07, 6.45) is 1.98. The summed E-state index contributed by atoms with van der Waals surface area (Å²) in [5.74, 6) is -0.733. The topological polar surface area (TPSA) is 20.3 Å². The lowest BCUT2D eigenvalue weighted by atomic mass is 10.1. The first-order valence-corrected chi connectivity index (χ1v) is 5.79. The number of benzene rings is 1. The first-order valence-electron chi connectivity index (χ1n) is 5.79. The third kappa shape index (κ3) is 2.30. The van der Waals surface area contributed by atoms with Crippen LogP contribution in [0.4, 0.5) is 8.78 Å². The molecule has 1 unspecified atom stereocenters. The summed E-state index contributed by atoms with van der Waals surface area (Å²) in [5.41, 5.74) is 0.315. The molecular formula is C13H15F2NO. The predicted molar refractivity (Wildman–Crippen MR) is 60.9 cm³/mol. The van der Waals surface area contributed by atoms with Gasteiger partial charge in [-0.3, -0.25) is 4.79 Å². The second kappa shape index (κ2) is 4.82. The van der Waals surface area contributed by atoms with E-state index in [1.165, 1.54) is 12.1 Å². The Morgan fingerprint density at radius 1 is 1.53 bits per heavy atom. The Morgan fingerprint density at radius 2 is 2.29 bits per heavy atom. The van der Waals surface area contributed by atoms with Crippen LogP contribution in [0.25, 0.3) is 0 Å². The Hall–Kier alpha value is -1.45. The standard InChI is InChI=1S/C13H15F2NO/c1-9-3-2-6-16(9)13(17)10-4-5-12(15)11(7-10)8-14/h4-5,7,9H,2-3,6,8H2,1H3. The molecule has 1 heterocycles. The van der Waals surface area contributed by atoms with Gasteiger partial charge in [0.05, 0.1) is 0 Å². The summed E-state index contributed by atoms with van der Waals surface area (Å²) in [4.78, 5) is 13.9. The molecule has 0 spiro atoms. The molecule has 1 fully saturated rings. The monoisotopic (exact) mass is 239 g/mol. The van der Waals surface area contributed by atoms with Crippen molar-refractivity contribution in [3.05, 3.63) is 35.1 Å². The van der Waals surface area contributed by atoms with Crippen molar-refractivity contribution < 1.29 is 13.6 Å². The van der Waals surface area contributed by atoms with Gasteiger partial charge in [-0.1, -0.05) is 0 Å². The number of carbonyl (C=O) groups is 1. The minimum atomic E-state index is -0.886. The highest BCUT2D eigenvalue weighted by atomic mass is 19.1. The molecule has 0 N–H and O–H groups in total. The Kier molecular flexibility index (Phi) is 3.41. The normalized spacial score (nSPS) is 19.7. The largest absolute Gasteiger partial charge is 0.336 e. The molecule has 0 radical (unpaired) electrons. The number of halogens is 2. The maximum atomic E-state index is 13.1. The van der Waals surface area contributed by atoms with E-state index in [0.29, 0.717) is 5.56 Å². The van der Waals surface area contributed by atoms with Crippen molar-refractivity contribution in [2.24, 2.45) is 0 Å². The summed E-state index contributed by atoms with van der Waals surface area (Å²) < 4.78 is 25.6. The van der Waals surface area contributed by atoms with Crippen LogP contribution in [0.2, 0.25) is 0 Å². The van der Waals surface area contributed by atoms with Crippen LogP contribution in [0.5, 0.6) is 0 Å². The molecule has 0 aromatic heterocycles. The molecule has 1 aromatic carbocycles. The van der Waals surface area contributed by atoms with Gasteiger partial charge in [-0.15, -0.1) is 0 Å². The average Bonchev–Trinajstić information content (AvgIpc) is 2.75. The Labute approximate surface area is 99.2 Å². The number of hydrogen-bond acceptors (Lipinski definition) is 1. The summed E-state index contributed by atoms with van der Waals surface area (Å²) >= 11 is 0. The fourth-order valence-electron chi connectivity index (χ4n) is 2.21. The van der Waals surface area contributed by atoms with Gasteiger partial charge in [0.15, 0.2) is 0 Å². The molecular weight excluding hydrogens is 224 g/mol. The summed E-state index contributed by atoms with van der Waals surface area (Å²) in [6, 6.07) is 4.09. The Bertz CT molecular complexity index is 433. The molecule has 92 valence electrons. The molecule has 4 heteroatoms. The van der Waals surface area contributed by atoms with Crippen LogP contribution >= 0.6 is 0 Å². The lowest BCUT2D eigenvalue weighted by Crippen LogP contribution is -2.33. The number of amides is 1. The number of hydrogen-bond donors (Lipinski definition) is 0. The van der Waals surface area contributed by atoms with Gasteiger partial charge < -0.3 is 4.90 Å². The fraction of sp³-hybridized carbons (Fsp3) is 0.462. The number of likely N-dealkylation sites (tertiary alicyclic amines) is 1. The van der Waals surface area contributed by atoms with E-state index in [1.807, 2.05) is 6.92 Å². The van der Waals surface area contributed by atoms with Crippen molar-refractivity contribution in [3.63, 3.8) is 0 Å². The Morgan fingerprint density at radius 3 is 2.88 bits per heavy atom. The fourth-order valence-corrected chi connectivity index (χ4v) is 2.21. The van der Waals surface area contributed by atoms with Crippen LogP contribution in [-0.2, 0) is 6.67 Å². The summed E-state index contributed by atoms with van der Waals surface area (Å²) in [6.45, 7) is 1.83. The SMILES string of the molecule is CC1CCCN1C(=O)c1ccc(F)c(CF)c1. The minimum Gasteiger partial charge on any atom is -0.336 e. The van der Waals surface area contributed by atoms with Gasteiger partial charge in [0.1, 0.15) is 12.5 Å². The maximum absolute atomic E-state index is 13.1. The van der Waals surface area contributed by atoms with E-state index in [-0.39, 0.29) is 17.5 Å². The van der Waals surface area contributed by atoms with E-state index in [4.69, 9.17) is 0 Å². The highest BCUT2D eigenvalue weighted by Crippen LogP contribution is 2.21. The van der Waals surface area contributed by atoms with Crippen LogP contribution < -0.4 is 0 Å². The molecule has 0 saturated carbocycles. The van der Waals surface area contributed by atoms with E-state index in [9.17, 15) is 13.6 Å². The smallest absolute Gasteiger partial charge is 0.254 e. The van der Waals surface area contributed by atoms with Gasteiger partial charge in [0, 0.05) is 23.7 Å². The molecule has 0 aliphatic carbocycles. The van der Waals surface area contributed by atoms with Gasteiger partial charge in [0.25, 0.3) is 5.91 Å². The molecule has 17 heavy (non-hydrogen) atoms. The van der Waals surface area contributed by atoms with E-state index in [2.05, 4.69) is 0 Å². The number of carbonyl (C=O) groups excluding carboxylic acids is 1. The van der Waals surface area contributed by atoms with Crippen LogP contribution in [0.1, 0.15) is 35.7 Å². The van der Waals surface area contributed by atoms with Crippen molar-refractivity contribution >= 4 is 5.91 Å². The predicted octanol–water partition coefficient (Wildman–Crippen LogP) is 2.92. The van der Waals surface area contributed by atoms with E-state index < -0.39 is 12.5 Å². The van der Waals surface area contributed by atoms with Crippen molar-refractivity contribution in [2.45, 2.75) is 32.5 Å². The minimum absolute atomic E-state index is 0.0531. The lowest BCUT2D eigenvalue weighted by molar-refractivity contribution is 0.0747. The van der Waals surface area contributed by atoms with E-state index >= 15 is 0 Å². The zero-order chi connectivity index (χ0) is 12.4. The van der Waals surface area contributed by atoms with Gasteiger partial charge in [-0.05, 0) is 38.0 Å².